The molecule has 2 aromatic carbocycles. The minimum absolute atomic E-state index is 0.0934. The van der Waals surface area contributed by atoms with E-state index in [9.17, 15) is 24.8 Å². The summed E-state index contributed by atoms with van der Waals surface area (Å²) in [5.74, 6) is -2.44. The average Bonchev–Trinajstić information content (AvgIpc) is 2.56. The van der Waals surface area contributed by atoms with Crippen LogP contribution in [0.4, 0.5) is 11.4 Å². The van der Waals surface area contributed by atoms with E-state index in [1.807, 2.05) is 0 Å². The van der Waals surface area contributed by atoms with Crippen molar-refractivity contribution in [2.75, 3.05) is 5.32 Å². The van der Waals surface area contributed by atoms with Crippen LogP contribution in [0.15, 0.2) is 48.5 Å². The van der Waals surface area contributed by atoms with E-state index in [1.165, 1.54) is 24.3 Å². The molecule has 25 heavy (non-hydrogen) atoms. The van der Waals surface area contributed by atoms with Crippen LogP contribution in [0.3, 0.4) is 0 Å². The van der Waals surface area contributed by atoms with Gasteiger partial charge in [0.1, 0.15) is 0 Å². The number of carboxylic acids is 1. The minimum Gasteiger partial charge on any atom is -0.481 e. The number of nitrogens with one attached hydrogen (secondary N) is 1. The number of hydrogen-bond acceptors (Lipinski definition) is 4. The van der Waals surface area contributed by atoms with Gasteiger partial charge < -0.3 is 10.4 Å². The number of benzene rings is 2. The number of halogens is 1. The molecule has 0 fully saturated rings. The Kier molecular flexibility index (Phi) is 6.08. The van der Waals surface area contributed by atoms with Crippen LogP contribution >= 0.6 is 11.6 Å². The lowest BCUT2D eigenvalue weighted by atomic mass is 9.96. The number of carbonyl (C=O) groups is 2. The van der Waals surface area contributed by atoms with Crippen molar-refractivity contribution < 1.29 is 19.6 Å². The average molecular weight is 363 g/mol. The molecule has 2 aromatic rings. The van der Waals surface area contributed by atoms with E-state index in [0.29, 0.717) is 10.7 Å². The van der Waals surface area contributed by atoms with Crippen molar-refractivity contribution in [1.82, 2.24) is 0 Å². The molecule has 0 saturated carbocycles. The first kappa shape index (κ1) is 18.4. The molecule has 0 bridgehead atoms. The minimum atomic E-state index is -1.08. The second-order valence-electron chi connectivity index (χ2n) is 5.42. The molecule has 0 aliphatic heterocycles. The van der Waals surface area contributed by atoms with E-state index < -0.39 is 22.7 Å². The number of carbonyl (C=O) groups excluding carboxylic acids is 1. The first-order valence-corrected chi connectivity index (χ1v) is 7.74. The number of anilines is 1. The van der Waals surface area contributed by atoms with Crippen molar-refractivity contribution in [1.29, 1.82) is 0 Å². The van der Waals surface area contributed by atoms with E-state index in [2.05, 4.69) is 5.32 Å². The standard InChI is InChI=1S/C17H15ClN2O5/c18-13-3-1-11(2-4-13)9-12(17(22)23)10-16(21)19-14-5-7-15(8-6-14)20(24)25/h1-8,12H,9-10H2,(H,19,21)(H,22,23). The summed E-state index contributed by atoms with van der Waals surface area (Å²) in [4.78, 5) is 33.5. The first-order valence-electron chi connectivity index (χ1n) is 7.36. The van der Waals surface area contributed by atoms with Gasteiger partial charge in [-0.2, -0.15) is 0 Å². The molecule has 0 heterocycles. The van der Waals surface area contributed by atoms with E-state index >= 15 is 0 Å². The van der Waals surface area contributed by atoms with E-state index in [1.54, 1.807) is 24.3 Å². The van der Waals surface area contributed by atoms with Crippen LogP contribution in [0.1, 0.15) is 12.0 Å². The SMILES string of the molecule is O=C(CC(Cc1ccc(Cl)cc1)C(=O)O)Nc1ccc([N+](=O)[O-])cc1. The topological polar surface area (TPSA) is 110 Å². The Balaban J connectivity index is 1.98. The summed E-state index contributed by atoms with van der Waals surface area (Å²) in [5, 5.41) is 23.0. The van der Waals surface area contributed by atoms with Gasteiger partial charge in [0.2, 0.25) is 5.91 Å². The molecule has 7 nitrogen and oxygen atoms in total. The maximum Gasteiger partial charge on any atom is 0.307 e. The summed E-state index contributed by atoms with van der Waals surface area (Å²) in [6, 6.07) is 12.1. The molecule has 1 amide bonds. The molecule has 0 aliphatic carbocycles. The molecular formula is C17H15ClN2O5. The van der Waals surface area contributed by atoms with Crippen molar-refractivity contribution >= 4 is 34.9 Å². The van der Waals surface area contributed by atoms with Gasteiger partial charge in [0.05, 0.1) is 10.8 Å². The first-order chi connectivity index (χ1) is 11.8. The zero-order valence-corrected chi connectivity index (χ0v) is 13.8. The highest BCUT2D eigenvalue weighted by Crippen LogP contribution is 2.19. The lowest BCUT2D eigenvalue weighted by molar-refractivity contribution is -0.384. The van der Waals surface area contributed by atoms with E-state index in [-0.39, 0.29) is 18.5 Å². The van der Waals surface area contributed by atoms with Gasteiger partial charge in [-0.3, -0.25) is 19.7 Å². The number of non-ortho nitro benzene ring substituents is 1. The van der Waals surface area contributed by atoms with Gasteiger partial charge in [-0.15, -0.1) is 0 Å². The van der Waals surface area contributed by atoms with Crippen LogP contribution < -0.4 is 5.32 Å². The van der Waals surface area contributed by atoms with Crippen LogP contribution in [0.2, 0.25) is 5.02 Å². The molecule has 1 atom stereocenters. The quantitative estimate of drug-likeness (QED) is 0.578. The van der Waals surface area contributed by atoms with Gasteiger partial charge in [-0.05, 0) is 36.2 Å². The predicted octanol–water partition coefficient (Wildman–Crippen LogP) is 3.52. The highest BCUT2D eigenvalue weighted by Gasteiger charge is 2.22. The second-order valence-corrected chi connectivity index (χ2v) is 5.86. The van der Waals surface area contributed by atoms with Crippen molar-refractivity contribution in [2.24, 2.45) is 5.92 Å². The number of carboxylic acid groups (broad SMARTS) is 1. The molecular weight excluding hydrogens is 348 g/mol. The monoisotopic (exact) mass is 362 g/mol. The number of nitro benzene ring substituents is 1. The van der Waals surface area contributed by atoms with E-state index in [0.717, 1.165) is 5.56 Å². The second kappa shape index (κ2) is 8.25. The number of nitrogens with zero attached hydrogens (tertiary/aromatic N) is 1. The van der Waals surface area contributed by atoms with Gasteiger partial charge in [-0.25, -0.2) is 0 Å². The number of hydrogen-bond donors (Lipinski definition) is 2. The van der Waals surface area contributed by atoms with Gasteiger partial charge >= 0.3 is 5.97 Å². The van der Waals surface area contributed by atoms with Crippen molar-refractivity contribution in [3.05, 3.63) is 69.2 Å². The van der Waals surface area contributed by atoms with Crippen LogP contribution in [0, 0.1) is 16.0 Å². The summed E-state index contributed by atoms with van der Waals surface area (Å²) < 4.78 is 0. The molecule has 130 valence electrons. The fourth-order valence-electron chi connectivity index (χ4n) is 2.25. The molecule has 2 N–H and O–H groups in total. The Morgan fingerprint density at radius 1 is 1.12 bits per heavy atom. The summed E-state index contributed by atoms with van der Waals surface area (Å²) in [7, 11) is 0. The smallest absolute Gasteiger partial charge is 0.307 e. The Labute approximate surface area is 148 Å². The summed E-state index contributed by atoms with van der Waals surface area (Å²) in [5.41, 5.74) is 1.04. The summed E-state index contributed by atoms with van der Waals surface area (Å²) >= 11 is 5.79. The normalized spacial score (nSPS) is 11.6. The van der Waals surface area contributed by atoms with Crippen molar-refractivity contribution in [2.45, 2.75) is 12.8 Å². The molecule has 2 rings (SSSR count). The lowest BCUT2D eigenvalue weighted by Crippen LogP contribution is -2.24. The molecule has 8 heteroatoms. The summed E-state index contributed by atoms with van der Waals surface area (Å²) in [6.45, 7) is 0. The highest BCUT2D eigenvalue weighted by molar-refractivity contribution is 6.30. The molecule has 1 unspecified atom stereocenters. The molecule has 0 radical (unpaired) electrons. The summed E-state index contributed by atoms with van der Waals surface area (Å²) in [6.07, 6.45) is -0.0187. The van der Waals surface area contributed by atoms with Gasteiger partial charge in [0, 0.05) is 29.3 Å². The highest BCUT2D eigenvalue weighted by atomic mass is 35.5. The predicted molar refractivity (Wildman–Crippen MR) is 92.6 cm³/mol. The van der Waals surface area contributed by atoms with Crippen LogP contribution in [0.5, 0.6) is 0 Å². The largest absolute Gasteiger partial charge is 0.481 e. The van der Waals surface area contributed by atoms with Gasteiger partial charge in [0.25, 0.3) is 5.69 Å². The van der Waals surface area contributed by atoms with Crippen molar-refractivity contribution in [3.63, 3.8) is 0 Å². The van der Waals surface area contributed by atoms with Gasteiger partial charge in [0.15, 0.2) is 0 Å². The van der Waals surface area contributed by atoms with E-state index in [4.69, 9.17) is 11.6 Å². The molecule has 0 aromatic heterocycles. The Bertz CT molecular complexity index is 775. The lowest BCUT2D eigenvalue weighted by Gasteiger charge is -2.13. The van der Waals surface area contributed by atoms with Crippen LogP contribution in [-0.4, -0.2) is 21.9 Å². The van der Waals surface area contributed by atoms with Crippen LogP contribution in [-0.2, 0) is 16.0 Å². The third kappa shape index (κ3) is 5.58. The zero-order valence-electron chi connectivity index (χ0n) is 13.0. The third-order valence-electron chi connectivity index (χ3n) is 3.54. The fraction of sp³-hybridized carbons (Fsp3) is 0.176. The third-order valence-corrected chi connectivity index (χ3v) is 3.79. The zero-order chi connectivity index (χ0) is 18.4. The number of nitro groups is 1. The number of aliphatic carboxylic acids is 1. The Hall–Kier alpha value is -2.93. The number of amides is 1. The Morgan fingerprint density at radius 2 is 1.72 bits per heavy atom. The van der Waals surface area contributed by atoms with Crippen molar-refractivity contribution in [3.8, 4) is 0 Å². The maximum absolute atomic E-state index is 12.1. The Morgan fingerprint density at radius 3 is 2.24 bits per heavy atom. The van der Waals surface area contributed by atoms with Crippen LogP contribution in [0.25, 0.3) is 0 Å². The molecule has 0 saturated heterocycles. The fourth-order valence-corrected chi connectivity index (χ4v) is 2.38. The number of rotatable bonds is 7. The van der Waals surface area contributed by atoms with Gasteiger partial charge in [-0.1, -0.05) is 23.7 Å². The molecule has 0 spiro atoms. The molecule has 0 aliphatic rings. The maximum atomic E-state index is 12.1.